The lowest BCUT2D eigenvalue weighted by Crippen LogP contribution is -2.29. The van der Waals surface area contributed by atoms with E-state index in [9.17, 15) is 0 Å². The maximum Gasteiger partial charge on any atom is -0.0363 e. The van der Waals surface area contributed by atoms with Crippen molar-refractivity contribution in [1.82, 2.24) is 0 Å². The summed E-state index contributed by atoms with van der Waals surface area (Å²) < 4.78 is 0. The van der Waals surface area contributed by atoms with Crippen molar-refractivity contribution in [3.05, 3.63) is 0 Å². The molecule has 5 unspecified atom stereocenters. The Kier molecular flexibility index (Phi) is 7.35. The molecule has 5 atom stereocenters. The van der Waals surface area contributed by atoms with E-state index >= 15 is 0 Å². The van der Waals surface area contributed by atoms with Gasteiger partial charge >= 0.3 is 0 Å². The highest BCUT2D eigenvalue weighted by Crippen LogP contribution is 2.36. The Morgan fingerprint density at radius 1 is 0.625 bits per heavy atom. The summed E-state index contributed by atoms with van der Waals surface area (Å²) in [6.45, 7) is 19.2. The normalized spacial score (nSPS) is 21.6. The first-order valence-corrected chi connectivity index (χ1v) is 7.36. The zero-order valence-electron chi connectivity index (χ0n) is 12.9. The van der Waals surface area contributed by atoms with Gasteiger partial charge in [-0.15, -0.1) is 0 Å². The first-order chi connectivity index (χ1) is 7.36. The molecule has 0 heterocycles. The van der Waals surface area contributed by atoms with Crippen molar-refractivity contribution in [2.24, 2.45) is 35.5 Å². The van der Waals surface area contributed by atoms with Gasteiger partial charge in [-0.25, -0.2) is 0 Å². The van der Waals surface area contributed by atoms with Gasteiger partial charge in [-0.3, -0.25) is 0 Å². The molecule has 0 aromatic rings. The van der Waals surface area contributed by atoms with E-state index in [0.29, 0.717) is 0 Å². The fourth-order valence-corrected chi connectivity index (χ4v) is 3.07. The topological polar surface area (TPSA) is 0 Å². The van der Waals surface area contributed by atoms with E-state index in [0.717, 1.165) is 35.5 Å². The largest absolute Gasteiger partial charge is 0.0651 e. The van der Waals surface area contributed by atoms with Gasteiger partial charge in [-0.05, 0) is 35.5 Å². The summed E-state index contributed by atoms with van der Waals surface area (Å²) >= 11 is 0. The minimum absolute atomic E-state index is 0.812. The van der Waals surface area contributed by atoms with Crippen LogP contribution in [0.1, 0.15) is 68.2 Å². The standard InChI is InChI=1S/C16H34/c1-9-12(5)16(10-2)15(8)14(7)13(6)11(3)4/h11-16H,9-10H2,1-8H3. The van der Waals surface area contributed by atoms with Gasteiger partial charge in [-0.1, -0.05) is 68.2 Å². The average Bonchev–Trinajstić information content (AvgIpc) is 2.27. The van der Waals surface area contributed by atoms with Crippen LogP contribution in [0.25, 0.3) is 0 Å². The van der Waals surface area contributed by atoms with Crippen molar-refractivity contribution in [2.45, 2.75) is 68.2 Å². The summed E-state index contributed by atoms with van der Waals surface area (Å²) in [5.74, 6) is 5.14. The fourth-order valence-electron chi connectivity index (χ4n) is 3.07. The lowest BCUT2D eigenvalue weighted by Gasteiger charge is -2.36. The molecular formula is C16H34. The van der Waals surface area contributed by atoms with Crippen molar-refractivity contribution in [3.63, 3.8) is 0 Å². The second-order valence-electron chi connectivity index (χ2n) is 6.28. The van der Waals surface area contributed by atoms with Crippen LogP contribution in [0.15, 0.2) is 0 Å². The summed E-state index contributed by atoms with van der Waals surface area (Å²) in [4.78, 5) is 0. The zero-order chi connectivity index (χ0) is 12.9. The third-order valence-electron chi connectivity index (χ3n) is 5.23. The van der Waals surface area contributed by atoms with Crippen LogP contribution in [0.2, 0.25) is 0 Å². The molecule has 0 saturated carbocycles. The summed E-state index contributed by atoms with van der Waals surface area (Å²) in [5.41, 5.74) is 0. The lowest BCUT2D eigenvalue weighted by atomic mass is 9.69. The van der Waals surface area contributed by atoms with Gasteiger partial charge < -0.3 is 0 Å². The minimum Gasteiger partial charge on any atom is -0.0651 e. The molecule has 0 heteroatoms. The predicted molar refractivity (Wildman–Crippen MR) is 75.6 cm³/mol. The van der Waals surface area contributed by atoms with E-state index in [1.165, 1.54) is 12.8 Å². The van der Waals surface area contributed by atoms with Crippen LogP contribution in [0.5, 0.6) is 0 Å². The van der Waals surface area contributed by atoms with Crippen molar-refractivity contribution < 1.29 is 0 Å². The highest BCUT2D eigenvalue weighted by molar-refractivity contribution is 4.78. The Bertz CT molecular complexity index is 171. The molecule has 0 aliphatic carbocycles. The van der Waals surface area contributed by atoms with Crippen LogP contribution in [0.4, 0.5) is 0 Å². The molecule has 0 bridgehead atoms. The molecular weight excluding hydrogens is 192 g/mol. The first-order valence-electron chi connectivity index (χ1n) is 7.36. The van der Waals surface area contributed by atoms with Crippen molar-refractivity contribution in [1.29, 1.82) is 0 Å². The molecule has 0 aliphatic rings. The summed E-state index contributed by atoms with van der Waals surface area (Å²) in [6, 6.07) is 0. The third-order valence-corrected chi connectivity index (χ3v) is 5.23. The van der Waals surface area contributed by atoms with Gasteiger partial charge in [0.1, 0.15) is 0 Å². The van der Waals surface area contributed by atoms with E-state index in [1.54, 1.807) is 0 Å². The van der Waals surface area contributed by atoms with Crippen LogP contribution >= 0.6 is 0 Å². The second kappa shape index (κ2) is 7.35. The van der Waals surface area contributed by atoms with Crippen LogP contribution < -0.4 is 0 Å². The Morgan fingerprint density at radius 2 is 1.12 bits per heavy atom. The molecule has 0 N–H and O–H groups in total. The molecule has 0 amide bonds. The van der Waals surface area contributed by atoms with Gasteiger partial charge in [-0.2, -0.15) is 0 Å². The second-order valence-corrected chi connectivity index (χ2v) is 6.28. The number of rotatable bonds is 7. The van der Waals surface area contributed by atoms with Crippen LogP contribution in [0.3, 0.4) is 0 Å². The summed E-state index contributed by atoms with van der Waals surface area (Å²) in [7, 11) is 0. The molecule has 0 fully saturated rings. The molecule has 98 valence electrons. The van der Waals surface area contributed by atoms with Crippen LogP contribution in [-0.2, 0) is 0 Å². The monoisotopic (exact) mass is 226 g/mol. The first kappa shape index (κ1) is 16.0. The molecule has 0 spiro atoms. The quantitative estimate of drug-likeness (QED) is 0.528. The van der Waals surface area contributed by atoms with E-state index < -0.39 is 0 Å². The van der Waals surface area contributed by atoms with Crippen molar-refractivity contribution in [3.8, 4) is 0 Å². The Hall–Kier alpha value is 0. The minimum atomic E-state index is 0.812. The molecule has 16 heavy (non-hydrogen) atoms. The molecule has 0 aromatic carbocycles. The Labute approximate surface area is 104 Å². The molecule has 0 aromatic heterocycles. The van der Waals surface area contributed by atoms with E-state index in [4.69, 9.17) is 0 Å². The van der Waals surface area contributed by atoms with Crippen molar-refractivity contribution in [2.75, 3.05) is 0 Å². The third kappa shape index (κ3) is 4.11. The van der Waals surface area contributed by atoms with Crippen LogP contribution in [0, 0.1) is 35.5 Å². The molecule has 0 aliphatic heterocycles. The SMILES string of the molecule is CCC(C)C(CC)C(C)C(C)C(C)C(C)C. The van der Waals surface area contributed by atoms with Gasteiger partial charge in [0, 0.05) is 0 Å². The van der Waals surface area contributed by atoms with Crippen molar-refractivity contribution >= 4 is 0 Å². The lowest BCUT2D eigenvalue weighted by molar-refractivity contribution is 0.128. The molecule has 0 rings (SSSR count). The summed E-state index contributed by atoms with van der Waals surface area (Å²) in [6.07, 6.45) is 2.66. The predicted octanol–water partition coefficient (Wildman–Crippen LogP) is 5.62. The smallest absolute Gasteiger partial charge is 0.0363 e. The van der Waals surface area contributed by atoms with Gasteiger partial charge in [0.25, 0.3) is 0 Å². The number of hydrogen-bond donors (Lipinski definition) is 0. The van der Waals surface area contributed by atoms with E-state index in [-0.39, 0.29) is 0 Å². The highest BCUT2D eigenvalue weighted by atomic mass is 14.3. The van der Waals surface area contributed by atoms with Gasteiger partial charge in [0.05, 0.1) is 0 Å². The Balaban J connectivity index is 4.55. The maximum atomic E-state index is 2.48. The number of hydrogen-bond acceptors (Lipinski definition) is 0. The summed E-state index contributed by atoms with van der Waals surface area (Å²) in [5, 5.41) is 0. The highest BCUT2D eigenvalue weighted by Gasteiger charge is 2.29. The average molecular weight is 226 g/mol. The maximum absolute atomic E-state index is 2.48. The Morgan fingerprint density at radius 3 is 1.44 bits per heavy atom. The van der Waals surface area contributed by atoms with E-state index in [2.05, 4.69) is 55.4 Å². The van der Waals surface area contributed by atoms with E-state index in [1.807, 2.05) is 0 Å². The zero-order valence-corrected chi connectivity index (χ0v) is 12.9. The van der Waals surface area contributed by atoms with Crippen LogP contribution in [-0.4, -0.2) is 0 Å². The fraction of sp³-hybridized carbons (Fsp3) is 1.00. The molecule has 0 saturated heterocycles. The van der Waals surface area contributed by atoms with Gasteiger partial charge in [0.2, 0.25) is 0 Å². The van der Waals surface area contributed by atoms with Gasteiger partial charge in [0.15, 0.2) is 0 Å². The molecule has 0 nitrogen and oxygen atoms in total. The molecule has 0 radical (unpaired) electrons.